The Morgan fingerprint density at radius 2 is 1.44 bits per heavy atom. The van der Waals surface area contributed by atoms with Crippen LogP contribution in [-0.4, -0.2) is 24.6 Å². The summed E-state index contributed by atoms with van der Waals surface area (Å²) in [5, 5.41) is 5.03. The zero-order valence-corrected chi connectivity index (χ0v) is 17.8. The Bertz CT molecular complexity index is 1190. The average Bonchev–Trinajstić information content (AvgIpc) is 2.79. The summed E-state index contributed by atoms with van der Waals surface area (Å²) in [4.78, 5) is 36.3. The van der Waals surface area contributed by atoms with Crippen molar-refractivity contribution >= 4 is 29.3 Å². The topological polar surface area (TPSA) is 93.7 Å². The Hall–Kier alpha value is -4.34. The highest BCUT2D eigenvalue weighted by molar-refractivity contribution is 6.07. The van der Waals surface area contributed by atoms with E-state index in [1.807, 2.05) is 0 Å². The Labute approximate surface area is 192 Å². The SMILES string of the molecule is CCOC(=O)Oc1ccc(C(=O)Nc2cccc(NC(=O)c3ccccc3C(F)(F)F)c2)cc1. The lowest BCUT2D eigenvalue weighted by Gasteiger charge is -2.13. The van der Waals surface area contributed by atoms with Crippen LogP contribution in [0.15, 0.2) is 72.8 Å². The monoisotopic (exact) mass is 472 g/mol. The van der Waals surface area contributed by atoms with Crippen molar-refractivity contribution in [3.05, 3.63) is 89.5 Å². The van der Waals surface area contributed by atoms with Gasteiger partial charge in [0.15, 0.2) is 0 Å². The number of nitrogens with one attached hydrogen (secondary N) is 2. The second-order valence-corrected chi connectivity index (χ2v) is 6.84. The standard InChI is InChI=1S/C24H19F3N2O5/c1-2-33-23(32)34-18-12-10-15(11-13-18)21(30)28-16-6-5-7-17(14-16)29-22(31)19-8-3-4-9-20(19)24(25,26)27/h3-14H,2H2,1H3,(H,28,30)(H,29,31). The molecular formula is C24H19F3N2O5. The predicted octanol–water partition coefficient (Wildman–Crippen LogP) is 5.75. The van der Waals surface area contributed by atoms with Crippen LogP contribution in [0.25, 0.3) is 0 Å². The molecule has 0 fully saturated rings. The number of alkyl halides is 3. The summed E-state index contributed by atoms with van der Waals surface area (Å²) in [6.07, 6.45) is -5.54. The van der Waals surface area contributed by atoms with E-state index in [4.69, 9.17) is 4.74 Å². The van der Waals surface area contributed by atoms with E-state index in [0.29, 0.717) is 5.69 Å². The molecule has 0 aromatic heterocycles. The second-order valence-electron chi connectivity index (χ2n) is 6.84. The summed E-state index contributed by atoms with van der Waals surface area (Å²) < 4.78 is 49.1. The fourth-order valence-electron chi connectivity index (χ4n) is 2.92. The van der Waals surface area contributed by atoms with E-state index in [2.05, 4.69) is 15.4 Å². The van der Waals surface area contributed by atoms with Crippen LogP contribution < -0.4 is 15.4 Å². The predicted molar refractivity (Wildman–Crippen MR) is 118 cm³/mol. The number of benzene rings is 3. The first-order valence-corrected chi connectivity index (χ1v) is 10.0. The quantitative estimate of drug-likeness (QED) is 0.352. The van der Waals surface area contributed by atoms with E-state index in [1.165, 1.54) is 54.6 Å². The first-order chi connectivity index (χ1) is 16.2. The molecule has 3 rings (SSSR count). The number of anilines is 2. The molecule has 10 heteroatoms. The van der Waals surface area contributed by atoms with Crippen molar-refractivity contribution < 1.29 is 37.0 Å². The third-order valence-electron chi connectivity index (χ3n) is 4.44. The van der Waals surface area contributed by atoms with Crippen LogP contribution in [0, 0.1) is 0 Å². The van der Waals surface area contributed by atoms with Crippen molar-refractivity contribution in [3.63, 3.8) is 0 Å². The second kappa shape index (κ2) is 10.5. The molecule has 0 bridgehead atoms. The molecule has 2 amide bonds. The van der Waals surface area contributed by atoms with Crippen LogP contribution in [-0.2, 0) is 10.9 Å². The molecule has 34 heavy (non-hydrogen) atoms. The molecule has 0 heterocycles. The van der Waals surface area contributed by atoms with Gasteiger partial charge >= 0.3 is 12.3 Å². The molecule has 0 aliphatic rings. The Balaban J connectivity index is 1.68. The molecular weight excluding hydrogens is 453 g/mol. The van der Waals surface area contributed by atoms with Gasteiger partial charge in [0, 0.05) is 16.9 Å². The van der Waals surface area contributed by atoms with E-state index < -0.39 is 35.3 Å². The van der Waals surface area contributed by atoms with Crippen LogP contribution >= 0.6 is 0 Å². The number of halogens is 3. The number of rotatable bonds is 6. The first kappa shape index (κ1) is 24.3. The van der Waals surface area contributed by atoms with Crippen molar-refractivity contribution in [3.8, 4) is 5.75 Å². The maximum atomic E-state index is 13.2. The molecule has 3 aromatic rings. The minimum atomic E-state index is -4.68. The van der Waals surface area contributed by atoms with Gasteiger partial charge in [0.2, 0.25) is 0 Å². The largest absolute Gasteiger partial charge is 0.513 e. The third-order valence-corrected chi connectivity index (χ3v) is 4.44. The van der Waals surface area contributed by atoms with E-state index in [-0.39, 0.29) is 23.6 Å². The van der Waals surface area contributed by atoms with Gasteiger partial charge in [-0.2, -0.15) is 13.2 Å². The smallest absolute Gasteiger partial charge is 0.434 e. The average molecular weight is 472 g/mol. The van der Waals surface area contributed by atoms with E-state index >= 15 is 0 Å². The highest BCUT2D eigenvalue weighted by atomic mass is 19.4. The number of hydrogen-bond donors (Lipinski definition) is 2. The first-order valence-electron chi connectivity index (χ1n) is 10.0. The van der Waals surface area contributed by atoms with Crippen LogP contribution in [0.1, 0.15) is 33.2 Å². The minimum Gasteiger partial charge on any atom is -0.434 e. The van der Waals surface area contributed by atoms with Crippen LogP contribution in [0.4, 0.5) is 29.3 Å². The van der Waals surface area contributed by atoms with Crippen molar-refractivity contribution in [2.75, 3.05) is 17.2 Å². The fraction of sp³-hybridized carbons (Fsp3) is 0.125. The molecule has 0 saturated heterocycles. The van der Waals surface area contributed by atoms with Gasteiger partial charge in [0.05, 0.1) is 17.7 Å². The number of ether oxygens (including phenoxy) is 2. The molecule has 0 aliphatic heterocycles. The number of amides is 2. The molecule has 176 valence electrons. The van der Waals surface area contributed by atoms with Crippen LogP contribution in [0.5, 0.6) is 5.75 Å². The summed E-state index contributed by atoms with van der Waals surface area (Å²) in [7, 11) is 0. The highest BCUT2D eigenvalue weighted by Crippen LogP contribution is 2.32. The Kier molecular flexibility index (Phi) is 7.52. The zero-order chi connectivity index (χ0) is 24.7. The third kappa shape index (κ3) is 6.35. The molecule has 0 saturated carbocycles. The Morgan fingerprint density at radius 1 is 0.824 bits per heavy atom. The molecule has 0 aliphatic carbocycles. The molecule has 3 aromatic carbocycles. The van der Waals surface area contributed by atoms with Gasteiger partial charge in [0.1, 0.15) is 5.75 Å². The molecule has 7 nitrogen and oxygen atoms in total. The van der Waals surface area contributed by atoms with E-state index in [1.54, 1.807) is 13.0 Å². The van der Waals surface area contributed by atoms with Crippen molar-refractivity contribution in [2.45, 2.75) is 13.1 Å². The Morgan fingerprint density at radius 3 is 2.06 bits per heavy atom. The maximum absolute atomic E-state index is 13.2. The molecule has 0 unspecified atom stereocenters. The van der Waals surface area contributed by atoms with Crippen LogP contribution in [0.3, 0.4) is 0 Å². The van der Waals surface area contributed by atoms with E-state index in [0.717, 1.165) is 12.1 Å². The van der Waals surface area contributed by atoms with Gasteiger partial charge in [-0.05, 0) is 61.5 Å². The summed E-state index contributed by atoms with van der Waals surface area (Å²) >= 11 is 0. The lowest BCUT2D eigenvalue weighted by atomic mass is 10.1. The van der Waals surface area contributed by atoms with Crippen LogP contribution in [0.2, 0.25) is 0 Å². The van der Waals surface area contributed by atoms with Gasteiger partial charge in [-0.3, -0.25) is 9.59 Å². The minimum absolute atomic E-state index is 0.160. The van der Waals surface area contributed by atoms with Gasteiger partial charge < -0.3 is 20.1 Å². The molecule has 0 atom stereocenters. The lowest BCUT2D eigenvalue weighted by Crippen LogP contribution is -2.18. The van der Waals surface area contributed by atoms with Crippen molar-refractivity contribution in [2.24, 2.45) is 0 Å². The van der Waals surface area contributed by atoms with Gasteiger partial charge in [-0.1, -0.05) is 18.2 Å². The number of carbonyl (C=O) groups excluding carboxylic acids is 3. The number of carbonyl (C=O) groups is 3. The van der Waals surface area contributed by atoms with Gasteiger partial charge in [0.25, 0.3) is 11.8 Å². The highest BCUT2D eigenvalue weighted by Gasteiger charge is 2.34. The fourth-order valence-corrected chi connectivity index (χ4v) is 2.92. The molecule has 2 N–H and O–H groups in total. The van der Waals surface area contributed by atoms with E-state index in [9.17, 15) is 27.6 Å². The summed E-state index contributed by atoms with van der Waals surface area (Å²) in [5.41, 5.74) is -0.816. The summed E-state index contributed by atoms with van der Waals surface area (Å²) in [6, 6.07) is 16.1. The summed E-state index contributed by atoms with van der Waals surface area (Å²) in [6.45, 7) is 1.80. The lowest BCUT2D eigenvalue weighted by molar-refractivity contribution is -0.137. The van der Waals surface area contributed by atoms with Crippen molar-refractivity contribution in [1.29, 1.82) is 0 Å². The zero-order valence-electron chi connectivity index (χ0n) is 17.8. The molecule has 0 radical (unpaired) electrons. The number of hydrogen-bond acceptors (Lipinski definition) is 5. The summed E-state index contributed by atoms with van der Waals surface area (Å²) in [5.74, 6) is -1.24. The van der Waals surface area contributed by atoms with Crippen molar-refractivity contribution in [1.82, 2.24) is 0 Å². The maximum Gasteiger partial charge on any atom is 0.513 e. The van der Waals surface area contributed by atoms with Gasteiger partial charge in [-0.15, -0.1) is 0 Å². The molecule has 0 spiro atoms. The van der Waals surface area contributed by atoms with Gasteiger partial charge in [-0.25, -0.2) is 4.79 Å². The normalized spacial score (nSPS) is 10.8.